The molecule has 6 nitrogen and oxygen atoms in total. The molecule has 0 radical (unpaired) electrons. The van der Waals surface area contributed by atoms with Crippen LogP contribution in [0.4, 0.5) is 10.1 Å². The fourth-order valence-corrected chi connectivity index (χ4v) is 4.00. The maximum Gasteiger partial charge on any atom is 0.237 e. The van der Waals surface area contributed by atoms with Crippen molar-refractivity contribution < 1.29 is 13.9 Å². The third-order valence-corrected chi connectivity index (χ3v) is 5.77. The fraction of sp³-hybridized carbons (Fsp3) is 0.318. The summed E-state index contributed by atoms with van der Waals surface area (Å²) in [5.74, 6) is 0.631. The Kier molecular flexibility index (Phi) is 7.56. The van der Waals surface area contributed by atoms with Crippen LogP contribution >= 0.6 is 23.4 Å². The molecule has 31 heavy (non-hydrogen) atoms. The number of halogens is 2. The van der Waals surface area contributed by atoms with E-state index >= 15 is 0 Å². The van der Waals surface area contributed by atoms with Crippen molar-refractivity contribution in [3.05, 3.63) is 53.3 Å². The predicted octanol–water partition coefficient (Wildman–Crippen LogP) is 5.52. The summed E-state index contributed by atoms with van der Waals surface area (Å²) in [7, 11) is 1.52. The number of thioether (sulfide) groups is 1. The van der Waals surface area contributed by atoms with E-state index in [2.05, 4.69) is 29.4 Å². The van der Waals surface area contributed by atoms with Crippen LogP contribution in [0.1, 0.15) is 20.8 Å². The second-order valence-electron chi connectivity index (χ2n) is 7.38. The van der Waals surface area contributed by atoms with Crippen LogP contribution in [0.25, 0.3) is 11.4 Å². The second kappa shape index (κ2) is 10.2. The molecule has 3 rings (SSSR count). The van der Waals surface area contributed by atoms with Crippen LogP contribution in [0.15, 0.2) is 47.6 Å². The Morgan fingerprint density at radius 3 is 2.65 bits per heavy atom. The van der Waals surface area contributed by atoms with Gasteiger partial charge in [0.15, 0.2) is 11.0 Å². The highest BCUT2D eigenvalue weighted by atomic mass is 35.5. The minimum absolute atomic E-state index is 0.239. The Labute approximate surface area is 190 Å². The summed E-state index contributed by atoms with van der Waals surface area (Å²) >= 11 is 7.30. The van der Waals surface area contributed by atoms with Gasteiger partial charge in [-0.05, 0) is 43.2 Å². The quantitative estimate of drug-likeness (QED) is 0.446. The number of amides is 1. The molecule has 164 valence electrons. The Bertz CT molecular complexity index is 1070. The van der Waals surface area contributed by atoms with Crippen molar-refractivity contribution in [2.24, 2.45) is 5.92 Å². The number of nitrogens with one attached hydrogen (secondary N) is 1. The summed E-state index contributed by atoms with van der Waals surface area (Å²) in [4.78, 5) is 12.8. The van der Waals surface area contributed by atoms with E-state index in [1.807, 2.05) is 4.57 Å². The number of carbonyl (C=O) groups excluding carboxylic acids is 1. The maximum atomic E-state index is 14.4. The van der Waals surface area contributed by atoms with Crippen molar-refractivity contribution in [2.45, 2.75) is 37.7 Å². The zero-order valence-electron chi connectivity index (χ0n) is 17.7. The van der Waals surface area contributed by atoms with Gasteiger partial charge in [0.2, 0.25) is 5.91 Å². The van der Waals surface area contributed by atoms with Gasteiger partial charge in [-0.25, -0.2) is 4.39 Å². The molecule has 0 fully saturated rings. The van der Waals surface area contributed by atoms with Crippen molar-refractivity contribution in [3.8, 4) is 17.1 Å². The van der Waals surface area contributed by atoms with Gasteiger partial charge in [0.25, 0.3) is 0 Å². The van der Waals surface area contributed by atoms with E-state index in [9.17, 15) is 9.18 Å². The number of benzene rings is 2. The lowest BCUT2D eigenvalue weighted by Gasteiger charge is -2.16. The minimum Gasteiger partial charge on any atom is -0.495 e. The zero-order chi connectivity index (χ0) is 22.5. The number of anilines is 1. The molecule has 0 saturated carbocycles. The van der Waals surface area contributed by atoms with Crippen molar-refractivity contribution in [3.63, 3.8) is 0 Å². The number of aromatic nitrogens is 3. The molecule has 1 atom stereocenters. The highest BCUT2D eigenvalue weighted by Crippen LogP contribution is 2.31. The molecule has 0 aliphatic rings. The van der Waals surface area contributed by atoms with Crippen LogP contribution in [0.5, 0.6) is 5.75 Å². The monoisotopic (exact) mass is 462 g/mol. The summed E-state index contributed by atoms with van der Waals surface area (Å²) in [5, 5.41) is 11.9. The maximum absolute atomic E-state index is 14.4. The molecule has 0 saturated heterocycles. The Hall–Kier alpha value is -2.58. The van der Waals surface area contributed by atoms with Gasteiger partial charge in [-0.15, -0.1) is 10.2 Å². The largest absolute Gasteiger partial charge is 0.495 e. The SMILES string of the molecule is COc1ccc(Cl)cc1NC(=O)C(C)Sc1nnc(-c2ccccc2F)n1CC(C)C. The van der Waals surface area contributed by atoms with Gasteiger partial charge in [-0.3, -0.25) is 4.79 Å². The third kappa shape index (κ3) is 5.57. The first kappa shape index (κ1) is 23.1. The summed E-state index contributed by atoms with van der Waals surface area (Å²) in [6, 6.07) is 11.5. The molecule has 1 amide bonds. The Morgan fingerprint density at radius 1 is 1.23 bits per heavy atom. The molecule has 0 aliphatic heterocycles. The lowest BCUT2D eigenvalue weighted by atomic mass is 10.2. The van der Waals surface area contributed by atoms with Gasteiger partial charge in [-0.1, -0.05) is 49.3 Å². The van der Waals surface area contributed by atoms with Gasteiger partial charge in [-0.2, -0.15) is 0 Å². The van der Waals surface area contributed by atoms with Crippen LogP contribution in [0.3, 0.4) is 0 Å². The summed E-state index contributed by atoms with van der Waals surface area (Å²) in [5.41, 5.74) is 0.867. The number of rotatable bonds is 8. The Balaban J connectivity index is 1.84. The first-order valence-electron chi connectivity index (χ1n) is 9.79. The van der Waals surface area contributed by atoms with E-state index in [1.54, 1.807) is 43.3 Å². The molecule has 2 aromatic carbocycles. The van der Waals surface area contributed by atoms with E-state index in [-0.39, 0.29) is 17.6 Å². The average Bonchev–Trinajstić information content (AvgIpc) is 3.09. The van der Waals surface area contributed by atoms with Crippen LogP contribution in [-0.2, 0) is 11.3 Å². The van der Waals surface area contributed by atoms with E-state index in [4.69, 9.17) is 16.3 Å². The van der Waals surface area contributed by atoms with Crippen LogP contribution in [0.2, 0.25) is 5.02 Å². The standard InChI is InChI=1S/C22H24ClFN4O2S/c1-13(2)12-28-20(16-7-5-6-8-17(16)24)26-27-22(28)31-14(3)21(29)25-18-11-15(23)9-10-19(18)30-4/h5-11,13-14H,12H2,1-4H3,(H,25,29). The summed E-state index contributed by atoms with van der Waals surface area (Å²) in [6.07, 6.45) is 0. The van der Waals surface area contributed by atoms with Crippen LogP contribution in [-0.4, -0.2) is 33.0 Å². The fourth-order valence-electron chi connectivity index (χ4n) is 2.97. The lowest BCUT2D eigenvalue weighted by molar-refractivity contribution is -0.115. The molecule has 1 heterocycles. The smallest absolute Gasteiger partial charge is 0.237 e. The van der Waals surface area contributed by atoms with Gasteiger partial charge < -0.3 is 14.6 Å². The molecule has 0 bridgehead atoms. The van der Waals surface area contributed by atoms with Gasteiger partial charge in [0.1, 0.15) is 11.6 Å². The molecule has 3 aromatic rings. The van der Waals surface area contributed by atoms with Gasteiger partial charge in [0, 0.05) is 11.6 Å². The predicted molar refractivity (Wildman–Crippen MR) is 122 cm³/mol. The number of hydrogen-bond donors (Lipinski definition) is 1. The molecule has 1 aromatic heterocycles. The molecule has 1 unspecified atom stereocenters. The van der Waals surface area contributed by atoms with Gasteiger partial charge in [0.05, 0.1) is 23.6 Å². The summed E-state index contributed by atoms with van der Waals surface area (Å²) in [6.45, 7) is 6.48. The van der Waals surface area contributed by atoms with Crippen molar-refractivity contribution in [1.82, 2.24) is 14.8 Å². The normalized spacial score (nSPS) is 12.1. The number of hydrogen-bond acceptors (Lipinski definition) is 5. The molecular formula is C22H24ClFN4O2S. The number of methoxy groups -OCH3 is 1. The molecular weight excluding hydrogens is 439 g/mol. The van der Waals surface area contributed by atoms with Crippen molar-refractivity contribution >= 4 is 35.0 Å². The van der Waals surface area contributed by atoms with E-state index in [0.717, 1.165) is 0 Å². The highest BCUT2D eigenvalue weighted by Gasteiger charge is 2.23. The topological polar surface area (TPSA) is 69.0 Å². The van der Waals surface area contributed by atoms with Crippen molar-refractivity contribution in [1.29, 1.82) is 0 Å². The first-order chi connectivity index (χ1) is 14.8. The Morgan fingerprint density at radius 2 is 1.97 bits per heavy atom. The minimum atomic E-state index is -0.493. The number of carbonyl (C=O) groups is 1. The molecule has 1 N–H and O–H groups in total. The molecule has 0 aliphatic carbocycles. The summed E-state index contributed by atoms with van der Waals surface area (Å²) < 4.78 is 21.5. The third-order valence-electron chi connectivity index (χ3n) is 4.45. The average molecular weight is 463 g/mol. The van der Waals surface area contributed by atoms with Crippen molar-refractivity contribution in [2.75, 3.05) is 12.4 Å². The zero-order valence-corrected chi connectivity index (χ0v) is 19.3. The second-order valence-corrected chi connectivity index (χ2v) is 9.13. The lowest BCUT2D eigenvalue weighted by Crippen LogP contribution is -2.23. The number of ether oxygens (including phenoxy) is 1. The van der Waals surface area contributed by atoms with E-state index < -0.39 is 5.25 Å². The first-order valence-corrected chi connectivity index (χ1v) is 11.0. The molecule has 9 heteroatoms. The van der Waals surface area contributed by atoms with Crippen LogP contribution in [0, 0.1) is 11.7 Å². The number of nitrogens with zero attached hydrogens (tertiary/aromatic N) is 3. The van der Waals surface area contributed by atoms with Gasteiger partial charge >= 0.3 is 0 Å². The molecule has 0 spiro atoms. The highest BCUT2D eigenvalue weighted by molar-refractivity contribution is 8.00. The van der Waals surface area contributed by atoms with E-state index in [1.165, 1.54) is 24.9 Å². The van der Waals surface area contributed by atoms with E-state index in [0.29, 0.717) is 39.5 Å². The van der Waals surface area contributed by atoms with Crippen LogP contribution < -0.4 is 10.1 Å².